The van der Waals surface area contributed by atoms with Crippen LogP contribution in [0, 0.1) is 11.8 Å². The molecule has 2 heterocycles. The Balaban J connectivity index is 1.89. The molecule has 0 spiro atoms. The predicted octanol–water partition coefficient (Wildman–Crippen LogP) is 1.20. The highest BCUT2D eigenvalue weighted by Gasteiger charge is 2.36. The number of ether oxygens (including phenoxy) is 2. The van der Waals surface area contributed by atoms with E-state index in [2.05, 4.69) is 6.92 Å². The molecule has 2 rings (SSSR count). The van der Waals surface area contributed by atoms with Crippen LogP contribution in [0.25, 0.3) is 0 Å². The van der Waals surface area contributed by atoms with Gasteiger partial charge in [-0.3, -0.25) is 0 Å². The Morgan fingerprint density at radius 3 is 2.43 bits per heavy atom. The Morgan fingerprint density at radius 1 is 1.14 bits per heavy atom. The monoisotopic (exact) mass is 200 g/mol. The van der Waals surface area contributed by atoms with Gasteiger partial charge in [0.05, 0.1) is 12.2 Å². The third kappa shape index (κ3) is 2.10. The summed E-state index contributed by atoms with van der Waals surface area (Å²) in [5.74, 6) is 0.891. The molecule has 0 aromatic carbocycles. The van der Waals surface area contributed by atoms with Crippen LogP contribution in [0.15, 0.2) is 0 Å². The molecule has 0 aromatic heterocycles. The van der Waals surface area contributed by atoms with Crippen LogP contribution >= 0.6 is 0 Å². The molecular weight excluding hydrogens is 180 g/mol. The van der Waals surface area contributed by atoms with Gasteiger partial charge in [-0.2, -0.15) is 0 Å². The van der Waals surface area contributed by atoms with E-state index in [-0.39, 0.29) is 12.2 Å². The van der Waals surface area contributed by atoms with E-state index in [1.165, 1.54) is 0 Å². The first-order chi connectivity index (χ1) is 6.79. The molecule has 14 heavy (non-hydrogen) atoms. The van der Waals surface area contributed by atoms with Crippen molar-refractivity contribution in [3.63, 3.8) is 0 Å². The van der Waals surface area contributed by atoms with Gasteiger partial charge in [0.1, 0.15) is 0 Å². The highest BCUT2D eigenvalue weighted by atomic mass is 16.5. The average molecular weight is 200 g/mol. The van der Waals surface area contributed by atoms with Crippen LogP contribution in [-0.2, 0) is 9.47 Å². The number of rotatable bonds is 2. The second-order valence-corrected chi connectivity index (χ2v) is 4.54. The van der Waals surface area contributed by atoms with Crippen molar-refractivity contribution >= 4 is 0 Å². The molecule has 3 heteroatoms. The van der Waals surface area contributed by atoms with Crippen LogP contribution in [0.2, 0.25) is 0 Å². The molecule has 2 aliphatic rings. The molecule has 3 atom stereocenters. The topological polar surface area (TPSA) is 38.7 Å². The Hall–Kier alpha value is -0.120. The van der Waals surface area contributed by atoms with Gasteiger partial charge in [-0.25, -0.2) is 0 Å². The molecule has 1 N–H and O–H groups in total. The summed E-state index contributed by atoms with van der Waals surface area (Å²) in [6.07, 6.45) is 2.83. The second kappa shape index (κ2) is 4.60. The van der Waals surface area contributed by atoms with Crippen molar-refractivity contribution in [2.24, 2.45) is 11.8 Å². The van der Waals surface area contributed by atoms with Crippen molar-refractivity contribution in [3.8, 4) is 0 Å². The maximum Gasteiger partial charge on any atom is 0.0862 e. The molecular formula is C11H20O3. The average Bonchev–Trinajstić information content (AvgIpc) is 2.65. The third-order valence-corrected chi connectivity index (χ3v) is 3.53. The molecule has 0 aliphatic carbocycles. The summed E-state index contributed by atoms with van der Waals surface area (Å²) in [6, 6.07) is 0. The lowest BCUT2D eigenvalue weighted by atomic mass is 9.86. The zero-order valence-electron chi connectivity index (χ0n) is 8.82. The molecule has 0 radical (unpaired) electrons. The van der Waals surface area contributed by atoms with Gasteiger partial charge in [0.15, 0.2) is 0 Å². The van der Waals surface area contributed by atoms with E-state index in [4.69, 9.17) is 9.47 Å². The van der Waals surface area contributed by atoms with E-state index in [1.54, 1.807) is 0 Å². The highest BCUT2D eigenvalue weighted by Crippen LogP contribution is 2.30. The van der Waals surface area contributed by atoms with Crippen LogP contribution in [0.1, 0.15) is 26.2 Å². The first-order valence-electron chi connectivity index (χ1n) is 5.66. The summed E-state index contributed by atoms with van der Waals surface area (Å²) in [4.78, 5) is 0. The quantitative estimate of drug-likeness (QED) is 0.728. The van der Waals surface area contributed by atoms with Crippen molar-refractivity contribution in [3.05, 3.63) is 0 Å². The fraction of sp³-hybridized carbons (Fsp3) is 1.00. The summed E-state index contributed by atoms with van der Waals surface area (Å²) in [5, 5.41) is 10.2. The minimum atomic E-state index is -0.281. The summed E-state index contributed by atoms with van der Waals surface area (Å²) in [6.45, 7) is 4.57. The van der Waals surface area contributed by atoms with Gasteiger partial charge in [-0.05, 0) is 31.1 Å². The van der Waals surface area contributed by atoms with E-state index in [9.17, 15) is 5.11 Å². The standard InChI is InChI=1S/C11H20O3/c1-8-2-7-14-11(8)10(12)9-3-5-13-6-4-9/h8-12H,2-7H2,1H3. The maximum atomic E-state index is 10.2. The summed E-state index contributed by atoms with van der Waals surface area (Å²) in [7, 11) is 0. The van der Waals surface area contributed by atoms with E-state index in [1.807, 2.05) is 0 Å². The Labute approximate surface area is 85.4 Å². The van der Waals surface area contributed by atoms with Gasteiger partial charge in [0.2, 0.25) is 0 Å². The summed E-state index contributed by atoms with van der Waals surface area (Å²) in [5.41, 5.74) is 0. The van der Waals surface area contributed by atoms with Crippen molar-refractivity contribution < 1.29 is 14.6 Å². The fourth-order valence-electron chi connectivity index (χ4n) is 2.48. The minimum Gasteiger partial charge on any atom is -0.390 e. The molecule has 3 nitrogen and oxygen atoms in total. The van der Waals surface area contributed by atoms with Crippen LogP contribution in [0.3, 0.4) is 0 Å². The number of aliphatic hydroxyl groups excluding tert-OH is 1. The zero-order valence-corrected chi connectivity index (χ0v) is 8.82. The molecule has 0 aromatic rings. The largest absolute Gasteiger partial charge is 0.390 e. The normalized spacial score (nSPS) is 37.3. The molecule has 82 valence electrons. The Kier molecular flexibility index (Phi) is 3.42. The molecule has 3 unspecified atom stereocenters. The number of hydrogen-bond donors (Lipinski definition) is 1. The van der Waals surface area contributed by atoms with Gasteiger partial charge in [-0.1, -0.05) is 6.92 Å². The highest BCUT2D eigenvalue weighted by molar-refractivity contribution is 4.85. The van der Waals surface area contributed by atoms with Crippen LogP contribution < -0.4 is 0 Å². The van der Waals surface area contributed by atoms with Gasteiger partial charge in [-0.15, -0.1) is 0 Å². The van der Waals surface area contributed by atoms with Crippen LogP contribution in [0.5, 0.6) is 0 Å². The Morgan fingerprint density at radius 2 is 1.86 bits per heavy atom. The fourth-order valence-corrected chi connectivity index (χ4v) is 2.48. The maximum absolute atomic E-state index is 10.2. The lowest BCUT2D eigenvalue weighted by Gasteiger charge is -2.31. The Bertz CT molecular complexity index is 177. The molecule has 2 saturated heterocycles. The van der Waals surface area contributed by atoms with Crippen molar-refractivity contribution in [1.82, 2.24) is 0 Å². The lowest BCUT2D eigenvalue weighted by Crippen LogP contribution is -2.39. The van der Waals surface area contributed by atoms with Gasteiger partial charge < -0.3 is 14.6 Å². The van der Waals surface area contributed by atoms with E-state index in [0.717, 1.165) is 39.1 Å². The smallest absolute Gasteiger partial charge is 0.0862 e. The van der Waals surface area contributed by atoms with E-state index in [0.29, 0.717) is 11.8 Å². The number of aliphatic hydroxyl groups is 1. The van der Waals surface area contributed by atoms with Crippen molar-refractivity contribution in [1.29, 1.82) is 0 Å². The summed E-state index contributed by atoms with van der Waals surface area (Å²) >= 11 is 0. The number of hydrogen-bond acceptors (Lipinski definition) is 3. The van der Waals surface area contributed by atoms with Crippen molar-refractivity contribution in [2.45, 2.75) is 38.4 Å². The van der Waals surface area contributed by atoms with Gasteiger partial charge in [0.25, 0.3) is 0 Å². The van der Waals surface area contributed by atoms with Crippen molar-refractivity contribution in [2.75, 3.05) is 19.8 Å². The second-order valence-electron chi connectivity index (χ2n) is 4.54. The van der Waals surface area contributed by atoms with Crippen LogP contribution in [-0.4, -0.2) is 37.1 Å². The molecule has 0 amide bonds. The first-order valence-corrected chi connectivity index (χ1v) is 5.66. The minimum absolute atomic E-state index is 0.0677. The SMILES string of the molecule is CC1CCOC1C(O)C1CCOCC1. The third-order valence-electron chi connectivity index (χ3n) is 3.53. The zero-order chi connectivity index (χ0) is 9.97. The first kappa shape index (κ1) is 10.4. The van der Waals surface area contributed by atoms with E-state index >= 15 is 0 Å². The van der Waals surface area contributed by atoms with Crippen LogP contribution in [0.4, 0.5) is 0 Å². The van der Waals surface area contributed by atoms with Gasteiger partial charge in [0, 0.05) is 19.8 Å². The summed E-state index contributed by atoms with van der Waals surface area (Å²) < 4.78 is 10.9. The van der Waals surface area contributed by atoms with E-state index < -0.39 is 0 Å². The molecule has 0 bridgehead atoms. The lowest BCUT2D eigenvalue weighted by molar-refractivity contribution is -0.0715. The molecule has 0 saturated carbocycles. The predicted molar refractivity (Wildman–Crippen MR) is 53.1 cm³/mol. The molecule has 2 aliphatic heterocycles. The van der Waals surface area contributed by atoms with Gasteiger partial charge >= 0.3 is 0 Å². The molecule has 2 fully saturated rings.